The first kappa shape index (κ1) is 21.0. The van der Waals surface area contributed by atoms with Crippen molar-refractivity contribution < 1.29 is 14.3 Å². The highest BCUT2D eigenvalue weighted by molar-refractivity contribution is 7.13. The average Bonchev–Trinajstić information content (AvgIpc) is 3.49. The highest BCUT2D eigenvalue weighted by Gasteiger charge is 2.24. The lowest BCUT2D eigenvalue weighted by Crippen LogP contribution is -2.39. The van der Waals surface area contributed by atoms with Crippen molar-refractivity contribution in [2.75, 3.05) is 20.3 Å². The fourth-order valence-electron chi connectivity index (χ4n) is 3.54. The number of nitrogens with one attached hydrogen (secondary N) is 1. The Morgan fingerprint density at radius 3 is 2.20 bits per heavy atom. The molecule has 3 aromatic heterocycles. The first-order valence-corrected chi connectivity index (χ1v) is 11.7. The van der Waals surface area contributed by atoms with Gasteiger partial charge in [0.05, 0.1) is 51.5 Å². The second-order valence-electron chi connectivity index (χ2n) is 7.17. The Morgan fingerprint density at radius 1 is 1.03 bits per heavy atom. The number of hydrogen-bond donors (Lipinski definition) is 1. The van der Waals surface area contributed by atoms with Gasteiger partial charge in [0.15, 0.2) is 0 Å². The van der Waals surface area contributed by atoms with E-state index in [0.29, 0.717) is 18.8 Å². The third kappa shape index (κ3) is 5.28. The zero-order chi connectivity index (χ0) is 20.8. The standard InChI is InChI=1S/C21H24N4O3S2/c1-27-6-7-28-16-4-2-15(3-5-16)24-21(26)14-8-17(19-10-22-12-29-19)25-18(9-14)20-11-23-13-30-20/h8-13,15-16H,2-7H2,1H3,(H,24,26)/t15-,16-. The predicted octanol–water partition coefficient (Wildman–Crippen LogP) is 4.03. The Hall–Kier alpha value is -2.20. The van der Waals surface area contributed by atoms with Crippen LogP contribution < -0.4 is 5.32 Å². The number of ether oxygens (including phenoxy) is 2. The summed E-state index contributed by atoms with van der Waals surface area (Å²) >= 11 is 3.01. The fraction of sp³-hybridized carbons (Fsp3) is 0.429. The Bertz CT molecular complexity index is 887. The number of pyridine rings is 1. The summed E-state index contributed by atoms with van der Waals surface area (Å²) in [6, 6.07) is 3.84. The minimum Gasteiger partial charge on any atom is -0.382 e. The molecule has 3 aromatic rings. The third-order valence-electron chi connectivity index (χ3n) is 5.11. The third-order valence-corrected chi connectivity index (χ3v) is 6.70. The Morgan fingerprint density at radius 2 is 1.67 bits per heavy atom. The molecule has 0 unspecified atom stereocenters. The van der Waals surface area contributed by atoms with Gasteiger partial charge >= 0.3 is 0 Å². The number of thiazole rings is 2. The van der Waals surface area contributed by atoms with E-state index in [0.717, 1.165) is 46.8 Å². The molecular formula is C21H24N4O3S2. The average molecular weight is 445 g/mol. The van der Waals surface area contributed by atoms with Crippen LogP contribution in [0, 0.1) is 0 Å². The van der Waals surface area contributed by atoms with E-state index in [1.54, 1.807) is 30.5 Å². The normalized spacial score (nSPS) is 19.0. The molecule has 1 amide bonds. The molecule has 0 saturated heterocycles. The monoisotopic (exact) mass is 444 g/mol. The lowest BCUT2D eigenvalue weighted by molar-refractivity contribution is -0.00408. The maximum absolute atomic E-state index is 13.0. The Balaban J connectivity index is 1.45. The number of rotatable bonds is 8. The molecule has 9 heteroatoms. The lowest BCUT2D eigenvalue weighted by atomic mass is 9.92. The number of hydrogen-bond acceptors (Lipinski definition) is 8. The molecular weight excluding hydrogens is 420 g/mol. The highest BCUT2D eigenvalue weighted by atomic mass is 32.1. The van der Waals surface area contributed by atoms with Crippen molar-refractivity contribution >= 4 is 28.6 Å². The zero-order valence-electron chi connectivity index (χ0n) is 16.7. The second-order valence-corrected chi connectivity index (χ2v) is 8.94. The molecule has 1 aliphatic carbocycles. The summed E-state index contributed by atoms with van der Waals surface area (Å²) in [5.74, 6) is -0.0716. The number of aromatic nitrogens is 3. The van der Waals surface area contributed by atoms with Gasteiger partial charge in [0.25, 0.3) is 5.91 Å². The first-order valence-electron chi connectivity index (χ1n) is 9.94. The SMILES string of the molecule is COCCO[C@H]1CC[C@H](NC(=O)c2cc(-c3cncs3)nc(-c3cncs3)c2)CC1. The van der Waals surface area contributed by atoms with Gasteiger partial charge in [0, 0.05) is 31.1 Å². The van der Waals surface area contributed by atoms with Crippen molar-refractivity contribution in [2.45, 2.75) is 37.8 Å². The molecule has 0 spiro atoms. The molecule has 1 N–H and O–H groups in total. The summed E-state index contributed by atoms with van der Waals surface area (Å²) in [5, 5.41) is 3.20. The molecule has 0 bridgehead atoms. The number of methoxy groups -OCH3 is 1. The van der Waals surface area contributed by atoms with Gasteiger partial charge in [-0.2, -0.15) is 0 Å². The topological polar surface area (TPSA) is 86.2 Å². The number of carbonyl (C=O) groups is 1. The lowest BCUT2D eigenvalue weighted by Gasteiger charge is -2.29. The number of nitrogens with zero attached hydrogens (tertiary/aromatic N) is 3. The molecule has 1 saturated carbocycles. The first-order chi connectivity index (χ1) is 14.7. The Kier molecular flexibility index (Phi) is 7.16. The van der Waals surface area contributed by atoms with Gasteiger partial charge in [0.2, 0.25) is 0 Å². The van der Waals surface area contributed by atoms with Gasteiger partial charge in [-0.25, -0.2) is 4.98 Å². The van der Waals surface area contributed by atoms with Gasteiger partial charge in [-0.1, -0.05) is 0 Å². The number of amides is 1. The largest absolute Gasteiger partial charge is 0.382 e. The van der Waals surface area contributed by atoms with Crippen molar-refractivity contribution in [1.82, 2.24) is 20.3 Å². The summed E-state index contributed by atoms with van der Waals surface area (Å²) in [6.07, 6.45) is 7.53. The van der Waals surface area contributed by atoms with Crippen molar-refractivity contribution in [1.29, 1.82) is 0 Å². The summed E-state index contributed by atoms with van der Waals surface area (Å²) in [5.41, 5.74) is 5.65. The van der Waals surface area contributed by atoms with E-state index >= 15 is 0 Å². The van der Waals surface area contributed by atoms with Crippen LogP contribution in [0.5, 0.6) is 0 Å². The highest BCUT2D eigenvalue weighted by Crippen LogP contribution is 2.29. The molecule has 3 heterocycles. The molecule has 1 fully saturated rings. The van der Waals surface area contributed by atoms with Crippen LogP contribution in [0.1, 0.15) is 36.0 Å². The van der Waals surface area contributed by atoms with Crippen LogP contribution in [0.4, 0.5) is 0 Å². The van der Waals surface area contributed by atoms with E-state index in [1.165, 1.54) is 22.7 Å². The van der Waals surface area contributed by atoms with E-state index in [-0.39, 0.29) is 18.1 Å². The minimum absolute atomic E-state index is 0.0716. The molecule has 30 heavy (non-hydrogen) atoms. The molecule has 1 aliphatic rings. The van der Waals surface area contributed by atoms with Crippen LogP contribution in [0.3, 0.4) is 0 Å². The van der Waals surface area contributed by atoms with E-state index in [2.05, 4.69) is 15.3 Å². The summed E-state index contributed by atoms with van der Waals surface area (Å²) in [4.78, 5) is 27.9. The molecule has 0 atom stereocenters. The van der Waals surface area contributed by atoms with Crippen LogP contribution in [0.15, 0.2) is 35.5 Å². The molecule has 0 aromatic carbocycles. The van der Waals surface area contributed by atoms with Crippen molar-refractivity contribution in [3.05, 3.63) is 41.1 Å². The maximum atomic E-state index is 13.0. The predicted molar refractivity (Wildman–Crippen MR) is 118 cm³/mol. The van der Waals surface area contributed by atoms with E-state index < -0.39 is 0 Å². The van der Waals surface area contributed by atoms with Crippen LogP contribution in [-0.4, -0.2) is 53.3 Å². The minimum atomic E-state index is -0.0716. The van der Waals surface area contributed by atoms with Crippen molar-refractivity contribution in [3.63, 3.8) is 0 Å². The van der Waals surface area contributed by atoms with Crippen LogP contribution >= 0.6 is 22.7 Å². The van der Waals surface area contributed by atoms with Gasteiger partial charge in [0.1, 0.15) is 0 Å². The molecule has 0 aliphatic heterocycles. The van der Waals surface area contributed by atoms with E-state index in [4.69, 9.17) is 14.5 Å². The van der Waals surface area contributed by atoms with Gasteiger partial charge in [-0.3, -0.25) is 14.8 Å². The summed E-state index contributed by atoms with van der Waals surface area (Å²) in [7, 11) is 1.68. The van der Waals surface area contributed by atoms with Gasteiger partial charge in [-0.05, 0) is 37.8 Å². The quantitative estimate of drug-likeness (QED) is 0.528. The van der Waals surface area contributed by atoms with Crippen LogP contribution in [0.25, 0.3) is 21.1 Å². The van der Waals surface area contributed by atoms with Crippen molar-refractivity contribution in [3.8, 4) is 21.1 Å². The van der Waals surface area contributed by atoms with E-state index in [9.17, 15) is 4.79 Å². The summed E-state index contributed by atoms with van der Waals surface area (Å²) in [6.45, 7) is 1.23. The molecule has 0 radical (unpaired) electrons. The molecule has 7 nitrogen and oxygen atoms in total. The summed E-state index contributed by atoms with van der Waals surface area (Å²) < 4.78 is 10.9. The van der Waals surface area contributed by atoms with Crippen LogP contribution in [0.2, 0.25) is 0 Å². The fourth-order valence-corrected chi connectivity index (χ4v) is 4.70. The van der Waals surface area contributed by atoms with Crippen LogP contribution in [-0.2, 0) is 9.47 Å². The number of carbonyl (C=O) groups excluding carboxylic acids is 1. The molecule has 158 valence electrons. The van der Waals surface area contributed by atoms with Crippen molar-refractivity contribution in [2.24, 2.45) is 0 Å². The van der Waals surface area contributed by atoms with E-state index in [1.807, 2.05) is 12.1 Å². The van der Waals surface area contributed by atoms with Gasteiger partial charge in [-0.15, -0.1) is 22.7 Å². The Labute approximate surface area is 183 Å². The smallest absolute Gasteiger partial charge is 0.251 e. The van der Waals surface area contributed by atoms with Gasteiger partial charge < -0.3 is 14.8 Å². The second kappa shape index (κ2) is 10.2. The maximum Gasteiger partial charge on any atom is 0.251 e. The zero-order valence-corrected chi connectivity index (χ0v) is 18.4. The molecule has 4 rings (SSSR count).